The molecule has 2 N–H and O–H groups in total. The smallest absolute Gasteiger partial charge is 0.249 e. The number of benzene rings is 2. The normalized spacial score (nSPS) is 14.0. The van der Waals surface area contributed by atoms with Crippen molar-refractivity contribution in [1.29, 1.82) is 0 Å². The number of aromatic nitrogens is 3. The van der Waals surface area contributed by atoms with Crippen molar-refractivity contribution in [3.05, 3.63) is 65.3 Å². The molecule has 1 fully saturated rings. The molecule has 1 aliphatic rings. The largest absolute Gasteiger partial charge is 0.372 e. The average Bonchev–Trinajstić information content (AvgIpc) is 2.75. The van der Waals surface area contributed by atoms with Gasteiger partial charge in [0.25, 0.3) is 0 Å². The lowest BCUT2D eigenvalue weighted by Crippen LogP contribution is -2.29. The molecule has 1 aliphatic heterocycles. The van der Waals surface area contributed by atoms with E-state index in [1.165, 1.54) is 24.9 Å². The van der Waals surface area contributed by atoms with Crippen molar-refractivity contribution in [2.45, 2.75) is 25.8 Å². The van der Waals surface area contributed by atoms with E-state index >= 15 is 0 Å². The minimum Gasteiger partial charge on any atom is -0.372 e. The van der Waals surface area contributed by atoms with Crippen molar-refractivity contribution in [1.82, 2.24) is 15.2 Å². The van der Waals surface area contributed by atoms with Crippen LogP contribution >= 0.6 is 11.6 Å². The highest BCUT2D eigenvalue weighted by atomic mass is 35.5. The molecule has 0 aliphatic carbocycles. The van der Waals surface area contributed by atoms with Crippen LogP contribution in [0.3, 0.4) is 0 Å². The van der Waals surface area contributed by atoms with Gasteiger partial charge in [0, 0.05) is 36.0 Å². The summed E-state index contributed by atoms with van der Waals surface area (Å²) in [5, 5.41) is 15.3. The molecule has 4 rings (SSSR count). The van der Waals surface area contributed by atoms with Gasteiger partial charge >= 0.3 is 0 Å². The number of halogens is 1. The van der Waals surface area contributed by atoms with Crippen molar-refractivity contribution in [2.75, 3.05) is 28.6 Å². The van der Waals surface area contributed by atoms with Crippen molar-refractivity contribution < 1.29 is 0 Å². The zero-order valence-electron chi connectivity index (χ0n) is 15.6. The Morgan fingerprint density at radius 1 is 0.964 bits per heavy atom. The number of hydrogen-bond donors (Lipinski definition) is 2. The number of piperidine rings is 1. The van der Waals surface area contributed by atoms with Crippen LogP contribution in [-0.4, -0.2) is 28.3 Å². The molecule has 0 radical (unpaired) electrons. The van der Waals surface area contributed by atoms with Crippen molar-refractivity contribution in [3.8, 4) is 0 Å². The maximum atomic E-state index is 6.19. The lowest BCUT2D eigenvalue weighted by atomic mass is 10.1. The Morgan fingerprint density at radius 2 is 1.75 bits per heavy atom. The van der Waals surface area contributed by atoms with E-state index in [0.29, 0.717) is 18.3 Å². The van der Waals surface area contributed by atoms with E-state index in [4.69, 9.17) is 11.6 Å². The number of rotatable bonds is 6. The van der Waals surface area contributed by atoms with E-state index < -0.39 is 0 Å². The molecule has 1 aromatic heterocycles. The van der Waals surface area contributed by atoms with E-state index in [0.717, 1.165) is 29.4 Å². The zero-order chi connectivity index (χ0) is 19.2. The van der Waals surface area contributed by atoms with Crippen molar-refractivity contribution in [2.24, 2.45) is 0 Å². The molecule has 28 heavy (non-hydrogen) atoms. The summed E-state index contributed by atoms with van der Waals surface area (Å²) in [6, 6.07) is 16.1. The molecule has 0 unspecified atom stereocenters. The second-order valence-electron chi connectivity index (χ2n) is 6.83. The van der Waals surface area contributed by atoms with Crippen LogP contribution in [0.25, 0.3) is 0 Å². The lowest BCUT2D eigenvalue weighted by Gasteiger charge is -2.28. The maximum Gasteiger partial charge on any atom is 0.249 e. The summed E-state index contributed by atoms with van der Waals surface area (Å²) >= 11 is 6.19. The molecule has 0 saturated carbocycles. The van der Waals surface area contributed by atoms with Gasteiger partial charge in [-0.2, -0.15) is 10.1 Å². The molecule has 0 amide bonds. The fourth-order valence-electron chi connectivity index (χ4n) is 3.31. The minimum absolute atomic E-state index is 0.454. The van der Waals surface area contributed by atoms with E-state index in [1.54, 1.807) is 6.20 Å². The second kappa shape index (κ2) is 8.89. The van der Waals surface area contributed by atoms with Gasteiger partial charge < -0.3 is 15.5 Å². The monoisotopic (exact) mass is 394 g/mol. The van der Waals surface area contributed by atoms with Gasteiger partial charge in [0.05, 0.1) is 6.20 Å². The third-order valence-electron chi connectivity index (χ3n) is 4.82. The molecule has 0 bridgehead atoms. The van der Waals surface area contributed by atoms with Crippen LogP contribution in [0.5, 0.6) is 0 Å². The van der Waals surface area contributed by atoms with Crippen LogP contribution in [0.4, 0.5) is 23.1 Å². The van der Waals surface area contributed by atoms with E-state index in [1.807, 2.05) is 24.3 Å². The van der Waals surface area contributed by atoms with Gasteiger partial charge in [0.1, 0.15) is 0 Å². The molecule has 2 aromatic carbocycles. The Bertz CT molecular complexity index is 909. The summed E-state index contributed by atoms with van der Waals surface area (Å²) in [5.74, 6) is 1.09. The summed E-state index contributed by atoms with van der Waals surface area (Å²) in [7, 11) is 0. The van der Waals surface area contributed by atoms with Crippen LogP contribution in [0.15, 0.2) is 54.7 Å². The van der Waals surface area contributed by atoms with Gasteiger partial charge in [-0.25, -0.2) is 0 Å². The lowest BCUT2D eigenvalue weighted by molar-refractivity contribution is 0.578. The van der Waals surface area contributed by atoms with E-state index in [9.17, 15) is 0 Å². The van der Waals surface area contributed by atoms with Gasteiger partial charge in [0.2, 0.25) is 5.95 Å². The molecule has 1 saturated heterocycles. The Labute approximate surface area is 170 Å². The maximum absolute atomic E-state index is 6.19. The SMILES string of the molecule is Clc1ccccc1CNc1cnnc(Nc2ccc(N3CCCCC3)cc2)n1. The van der Waals surface area contributed by atoms with Crippen LogP contribution in [0.1, 0.15) is 24.8 Å². The fraction of sp³-hybridized carbons (Fsp3) is 0.286. The summed E-state index contributed by atoms with van der Waals surface area (Å²) in [6.07, 6.45) is 5.48. The first kappa shape index (κ1) is 18.5. The Balaban J connectivity index is 1.38. The third kappa shape index (κ3) is 4.70. The quantitative estimate of drug-likeness (QED) is 0.621. The van der Waals surface area contributed by atoms with Crippen molar-refractivity contribution >= 4 is 34.7 Å². The molecular formula is C21H23ClN6. The average molecular weight is 395 g/mol. The Morgan fingerprint density at radius 3 is 2.54 bits per heavy atom. The van der Waals surface area contributed by atoms with Crippen LogP contribution in [-0.2, 0) is 6.54 Å². The first-order valence-corrected chi connectivity index (χ1v) is 9.95. The molecule has 3 aromatic rings. The Kier molecular flexibility index (Phi) is 5.87. The highest BCUT2D eigenvalue weighted by Gasteiger charge is 2.10. The summed E-state index contributed by atoms with van der Waals surface area (Å²) in [5.41, 5.74) is 3.20. The third-order valence-corrected chi connectivity index (χ3v) is 5.19. The number of nitrogens with zero attached hydrogens (tertiary/aromatic N) is 4. The van der Waals surface area contributed by atoms with Gasteiger partial charge in [-0.15, -0.1) is 5.10 Å². The molecular weight excluding hydrogens is 372 g/mol. The molecule has 6 nitrogen and oxygen atoms in total. The summed E-state index contributed by atoms with van der Waals surface area (Å²) in [6.45, 7) is 2.85. The highest BCUT2D eigenvalue weighted by Crippen LogP contribution is 2.23. The van der Waals surface area contributed by atoms with Gasteiger partial charge in [-0.05, 0) is 55.2 Å². The number of anilines is 4. The topological polar surface area (TPSA) is 66.0 Å². The highest BCUT2D eigenvalue weighted by molar-refractivity contribution is 6.31. The summed E-state index contributed by atoms with van der Waals surface area (Å²) < 4.78 is 0. The molecule has 2 heterocycles. The van der Waals surface area contributed by atoms with E-state index in [2.05, 4.69) is 55.0 Å². The van der Waals surface area contributed by atoms with Gasteiger partial charge in [-0.1, -0.05) is 29.8 Å². The predicted octanol–water partition coefficient (Wildman–Crippen LogP) is 4.87. The van der Waals surface area contributed by atoms with Gasteiger partial charge in [0.15, 0.2) is 5.82 Å². The fourth-order valence-corrected chi connectivity index (χ4v) is 3.51. The Hall–Kier alpha value is -2.86. The van der Waals surface area contributed by atoms with Crippen LogP contribution in [0.2, 0.25) is 5.02 Å². The van der Waals surface area contributed by atoms with Crippen LogP contribution < -0.4 is 15.5 Å². The van der Waals surface area contributed by atoms with Crippen LogP contribution in [0, 0.1) is 0 Å². The standard InChI is InChI=1S/C21H23ClN6/c22-19-7-3-2-6-16(19)14-23-20-15-24-27-21(26-20)25-17-8-10-18(11-9-17)28-12-4-1-5-13-28/h2-3,6-11,15H,1,4-5,12-14H2,(H2,23,25,26,27). The molecule has 7 heteroatoms. The summed E-state index contributed by atoms with van der Waals surface area (Å²) in [4.78, 5) is 6.91. The minimum atomic E-state index is 0.454. The number of hydrogen-bond acceptors (Lipinski definition) is 6. The predicted molar refractivity (Wildman–Crippen MR) is 114 cm³/mol. The van der Waals surface area contributed by atoms with Crippen molar-refractivity contribution in [3.63, 3.8) is 0 Å². The van der Waals surface area contributed by atoms with Gasteiger partial charge in [-0.3, -0.25) is 0 Å². The van der Waals surface area contributed by atoms with E-state index in [-0.39, 0.29) is 0 Å². The molecule has 0 spiro atoms. The first-order chi connectivity index (χ1) is 13.8. The molecule has 0 atom stereocenters. The first-order valence-electron chi connectivity index (χ1n) is 9.57. The number of nitrogens with one attached hydrogen (secondary N) is 2. The second-order valence-corrected chi connectivity index (χ2v) is 7.24. The zero-order valence-corrected chi connectivity index (χ0v) is 16.4. The molecule has 144 valence electrons.